The van der Waals surface area contributed by atoms with Crippen LogP contribution >= 0.6 is 0 Å². The maximum atomic E-state index is 12.8. The van der Waals surface area contributed by atoms with Crippen LogP contribution in [0.2, 0.25) is 0 Å². The number of para-hydroxylation sites is 1. The van der Waals surface area contributed by atoms with Crippen LogP contribution in [-0.2, 0) is 6.18 Å². The molecule has 0 saturated heterocycles. The molecule has 2 rings (SSSR count). The zero-order chi connectivity index (χ0) is 16.7. The summed E-state index contributed by atoms with van der Waals surface area (Å²) in [6.07, 6.45) is -10.9. The quantitative estimate of drug-likeness (QED) is 0.682. The molecule has 118 valence electrons. The van der Waals surface area contributed by atoms with E-state index in [9.17, 15) is 35.9 Å². The highest BCUT2D eigenvalue weighted by atomic mass is 19.4. The second-order valence-electron chi connectivity index (χ2n) is 4.16. The normalized spacial score (nSPS) is 12.5. The van der Waals surface area contributed by atoms with Gasteiger partial charge in [0.1, 0.15) is 5.56 Å². The minimum absolute atomic E-state index is 0.140. The van der Waals surface area contributed by atoms with Crippen LogP contribution in [0.1, 0.15) is 16.1 Å². The van der Waals surface area contributed by atoms with E-state index in [-0.39, 0.29) is 10.4 Å². The third-order valence-electron chi connectivity index (χ3n) is 2.67. The van der Waals surface area contributed by atoms with Crippen molar-refractivity contribution in [3.8, 4) is 5.69 Å². The Morgan fingerprint density at radius 1 is 1.00 bits per heavy atom. The highest BCUT2D eigenvalue weighted by Gasteiger charge is 2.48. The molecule has 0 fully saturated rings. The zero-order valence-electron chi connectivity index (χ0n) is 10.4. The maximum Gasteiger partial charge on any atom is 0.455 e. The molecule has 2 aromatic rings. The van der Waals surface area contributed by atoms with Gasteiger partial charge in [0.15, 0.2) is 5.69 Å². The summed E-state index contributed by atoms with van der Waals surface area (Å²) < 4.78 is 75.9. The van der Waals surface area contributed by atoms with Crippen LogP contribution in [-0.4, -0.2) is 21.7 Å². The number of H-pyrrole nitrogens is 1. The Morgan fingerprint density at radius 2 is 1.55 bits per heavy atom. The number of benzene rings is 1. The summed E-state index contributed by atoms with van der Waals surface area (Å²) in [5, 5.41) is 1.52. The largest absolute Gasteiger partial charge is 0.455 e. The summed E-state index contributed by atoms with van der Waals surface area (Å²) in [7, 11) is 0. The van der Waals surface area contributed by atoms with Gasteiger partial charge < -0.3 is 0 Å². The Kier molecular flexibility index (Phi) is 3.63. The minimum Gasteiger partial charge on any atom is -0.286 e. The van der Waals surface area contributed by atoms with Crippen LogP contribution in [0.5, 0.6) is 0 Å². The van der Waals surface area contributed by atoms with E-state index >= 15 is 0 Å². The predicted octanol–water partition coefficient (Wildman–Crippen LogP) is 2.93. The molecule has 0 aliphatic carbocycles. The maximum absolute atomic E-state index is 12.8. The highest BCUT2D eigenvalue weighted by Crippen LogP contribution is 2.32. The SMILES string of the molecule is O=C(c1c(C(F)(F)F)[nH]n(-c2ccccc2)c1=O)C(F)(F)F. The van der Waals surface area contributed by atoms with Gasteiger partial charge in [0.2, 0.25) is 0 Å². The Hall–Kier alpha value is -2.52. The summed E-state index contributed by atoms with van der Waals surface area (Å²) in [5.74, 6) is -2.85. The number of Topliss-reactive ketones (excluding diaryl/α,β-unsaturated/α-hetero) is 1. The molecule has 1 aromatic heterocycles. The zero-order valence-corrected chi connectivity index (χ0v) is 10.4. The summed E-state index contributed by atoms with van der Waals surface area (Å²) in [5.41, 5.74) is -5.88. The Morgan fingerprint density at radius 3 is 2.00 bits per heavy atom. The van der Waals surface area contributed by atoms with Gasteiger partial charge >= 0.3 is 12.4 Å². The fourth-order valence-corrected chi connectivity index (χ4v) is 1.75. The van der Waals surface area contributed by atoms with Crippen LogP contribution in [0, 0.1) is 0 Å². The van der Waals surface area contributed by atoms with E-state index in [1.165, 1.54) is 35.4 Å². The number of aromatic nitrogens is 2. The van der Waals surface area contributed by atoms with Crippen molar-refractivity contribution in [3.63, 3.8) is 0 Å². The smallest absolute Gasteiger partial charge is 0.286 e. The van der Waals surface area contributed by atoms with Crippen LogP contribution in [0.4, 0.5) is 26.3 Å². The number of alkyl halides is 6. The van der Waals surface area contributed by atoms with Crippen molar-refractivity contribution in [1.29, 1.82) is 0 Å². The number of aromatic amines is 1. The summed E-state index contributed by atoms with van der Waals surface area (Å²) in [6, 6.07) is 6.60. The molecule has 0 aliphatic heterocycles. The van der Waals surface area contributed by atoms with Gasteiger partial charge in [-0.05, 0) is 12.1 Å². The molecule has 0 amide bonds. The number of halogens is 6. The Balaban J connectivity index is 2.75. The van der Waals surface area contributed by atoms with Gasteiger partial charge in [-0.25, -0.2) is 4.68 Å². The van der Waals surface area contributed by atoms with Gasteiger partial charge in [-0.3, -0.25) is 14.7 Å². The molecule has 0 bridgehead atoms. The summed E-state index contributed by atoms with van der Waals surface area (Å²) >= 11 is 0. The van der Waals surface area contributed by atoms with E-state index < -0.39 is 35.0 Å². The lowest BCUT2D eigenvalue weighted by molar-refractivity contribution is -0.142. The average molecular weight is 324 g/mol. The van der Waals surface area contributed by atoms with Gasteiger partial charge in [-0.2, -0.15) is 26.3 Å². The van der Waals surface area contributed by atoms with E-state index in [2.05, 4.69) is 0 Å². The van der Waals surface area contributed by atoms with E-state index in [1.807, 2.05) is 0 Å². The van der Waals surface area contributed by atoms with Crippen molar-refractivity contribution in [3.05, 3.63) is 51.9 Å². The standard InChI is InChI=1S/C12H6F6N2O2/c13-11(14,15)8-7(9(21)12(16,17)18)10(22)20(19-8)6-4-2-1-3-5-6/h1-5,19H. The molecule has 0 spiro atoms. The number of hydrogen-bond acceptors (Lipinski definition) is 2. The first-order chi connectivity index (χ1) is 10.0. The summed E-state index contributed by atoms with van der Waals surface area (Å²) in [6.45, 7) is 0. The van der Waals surface area contributed by atoms with Crippen molar-refractivity contribution in [2.24, 2.45) is 0 Å². The minimum atomic E-state index is -5.60. The van der Waals surface area contributed by atoms with Gasteiger partial charge in [-0.15, -0.1) is 0 Å². The first-order valence-electron chi connectivity index (χ1n) is 5.62. The van der Waals surface area contributed by atoms with Crippen molar-refractivity contribution >= 4 is 5.78 Å². The Bertz CT molecular complexity index is 755. The van der Waals surface area contributed by atoms with Crippen molar-refractivity contribution in [2.75, 3.05) is 0 Å². The number of nitrogens with zero attached hydrogens (tertiary/aromatic N) is 1. The fourth-order valence-electron chi connectivity index (χ4n) is 1.75. The number of carbonyl (C=O) groups excluding carboxylic acids is 1. The number of hydrogen-bond donors (Lipinski definition) is 1. The lowest BCUT2D eigenvalue weighted by Crippen LogP contribution is -2.31. The number of ketones is 1. The first-order valence-corrected chi connectivity index (χ1v) is 5.62. The van der Waals surface area contributed by atoms with Crippen molar-refractivity contribution in [2.45, 2.75) is 12.4 Å². The predicted molar refractivity (Wildman–Crippen MR) is 61.8 cm³/mol. The Labute approximate surface area is 118 Å². The number of nitrogens with one attached hydrogen (secondary N) is 1. The van der Waals surface area contributed by atoms with Crippen molar-refractivity contribution < 1.29 is 31.1 Å². The molecular weight excluding hydrogens is 318 g/mol. The topological polar surface area (TPSA) is 54.9 Å². The first kappa shape index (κ1) is 15.9. The van der Waals surface area contributed by atoms with Crippen LogP contribution in [0.25, 0.3) is 5.69 Å². The summed E-state index contributed by atoms with van der Waals surface area (Å²) in [4.78, 5) is 23.0. The third-order valence-corrected chi connectivity index (χ3v) is 2.67. The lowest BCUT2D eigenvalue weighted by Gasteiger charge is -2.07. The van der Waals surface area contributed by atoms with Gasteiger partial charge in [0, 0.05) is 0 Å². The van der Waals surface area contributed by atoms with Crippen LogP contribution < -0.4 is 5.56 Å². The van der Waals surface area contributed by atoms with E-state index in [4.69, 9.17) is 0 Å². The molecule has 0 aliphatic rings. The number of rotatable bonds is 2. The molecule has 10 heteroatoms. The van der Waals surface area contributed by atoms with Crippen LogP contribution in [0.3, 0.4) is 0 Å². The second-order valence-corrected chi connectivity index (χ2v) is 4.16. The van der Waals surface area contributed by atoms with Gasteiger partial charge in [0.05, 0.1) is 5.69 Å². The molecule has 4 nitrogen and oxygen atoms in total. The van der Waals surface area contributed by atoms with E-state index in [1.54, 1.807) is 0 Å². The third kappa shape index (κ3) is 2.76. The molecule has 0 radical (unpaired) electrons. The molecule has 1 N–H and O–H groups in total. The van der Waals surface area contributed by atoms with Crippen molar-refractivity contribution in [1.82, 2.24) is 9.78 Å². The molecular formula is C12H6F6N2O2. The number of carbonyl (C=O) groups is 1. The second kappa shape index (κ2) is 5.04. The molecule has 22 heavy (non-hydrogen) atoms. The average Bonchev–Trinajstić information content (AvgIpc) is 2.75. The molecule has 0 saturated carbocycles. The van der Waals surface area contributed by atoms with E-state index in [0.29, 0.717) is 0 Å². The molecule has 0 unspecified atom stereocenters. The lowest BCUT2D eigenvalue weighted by atomic mass is 10.1. The molecule has 1 aromatic carbocycles. The molecule has 0 atom stereocenters. The monoisotopic (exact) mass is 324 g/mol. The van der Waals surface area contributed by atoms with Gasteiger partial charge in [0.25, 0.3) is 11.3 Å². The molecule has 1 heterocycles. The van der Waals surface area contributed by atoms with Crippen LogP contribution in [0.15, 0.2) is 35.1 Å². The fraction of sp³-hybridized carbons (Fsp3) is 0.167. The van der Waals surface area contributed by atoms with E-state index in [0.717, 1.165) is 0 Å². The van der Waals surface area contributed by atoms with Gasteiger partial charge in [-0.1, -0.05) is 18.2 Å². The highest BCUT2D eigenvalue weighted by molar-refractivity contribution is 6.01.